The summed E-state index contributed by atoms with van der Waals surface area (Å²) in [6, 6.07) is 7.37. The van der Waals surface area contributed by atoms with Gasteiger partial charge in [-0.3, -0.25) is 9.80 Å². The van der Waals surface area contributed by atoms with E-state index in [9.17, 15) is 9.59 Å². The number of halogens is 1. The first-order valence-corrected chi connectivity index (χ1v) is 13.4. The van der Waals surface area contributed by atoms with Crippen molar-refractivity contribution in [1.82, 2.24) is 10.3 Å². The summed E-state index contributed by atoms with van der Waals surface area (Å²) in [5.74, 6) is 3.07. The molecule has 3 rings (SSSR count). The molecule has 9 heteroatoms. The summed E-state index contributed by atoms with van der Waals surface area (Å²) in [7, 11) is 1.63. The SMILES string of the molecule is COc1ccc(CNC(=O)[C@H](CSCC2CCCCC2)N(N=C=O)C2CCC(N)CC2)cc1.Cl. The molecule has 7 nitrogen and oxygen atoms in total. The zero-order chi connectivity index (χ0) is 23.5. The van der Waals surface area contributed by atoms with E-state index in [0.717, 1.165) is 48.7 Å². The van der Waals surface area contributed by atoms with E-state index < -0.39 is 6.04 Å². The molecule has 0 unspecified atom stereocenters. The second-order valence-corrected chi connectivity index (χ2v) is 10.3. The lowest BCUT2D eigenvalue weighted by molar-refractivity contribution is -0.127. The number of thioether (sulfide) groups is 1. The van der Waals surface area contributed by atoms with Gasteiger partial charge in [0.05, 0.1) is 7.11 Å². The average molecular weight is 511 g/mol. The van der Waals surface area contributed by atoms with Gasteiger partial charge in [-0.1, -0.05) is 36.5 Å². The van der Waals surface area contributed by atoms with Crippen molar-refractivity contribution < 1.29 is 14.3 Å². The van der Waals surface area contributed by atoms with Crippen LogP contribution in [0.3, 0.4) is 0 Å². The number of ether oxygens (including phenoxy) is 1. The van der Waals surface area contributed by atoms with Crippen LogP contribution in [0.5, 0.6) is 5.75 Å². The fraction of sp³-hybridized carbons (Fsp3) is 0.680. The molecule has 2 saturated carbocycles. The van der Waals surface area contributed by atoms with E-state index in [4.69, 9.17) is 10.5 Å². The Balaban J connectivity index is 0.00000408. The van der Waals surface area contributed by atoms with Crippen molar-refractivity contribution in [3.05, 3.63) is 29.8 Å². The minimum absolute atomic E-state index is 0. The molecule has 3 N–H and O–H groups in total. The Hall–Kier alpha value is -1.73. The fourth-order valence-electron chi connectivity index (χ4n) is 4.84. The second kappa shape index (κ2) is 15.3. The van der Waals surface area contributed by atoms with Crippen molar-refractivity contribution in [2.45, 2.75) is 82.5 Å². The minimum atomic E-state index is -0.502. The highest BCUT2D eigenvalue weighted by molar-refractivity contribution is 7.99. The first-order valence-electron chi connectivity index (χ1n) is 12.2. The summed E-state index contributed by atoms with van der Waals surface area (Å²) < 4.78 is 5.21. The van der Waals surface area contributed by atoms with Crippen LogP contribution in [0.1, 0.15) is 63.4 Å². The maximum absolute atomic E-state index is 13.3. The lowest BCUT2D eigenvalue weighted by Crippen LogP contribution is -2.51. The number of carbonyl (C=O) groups is 1. The maximum atomic E-state index is 13.3. The van der Waals surface area contributed by atoms with Crippen molar-refractivity contribution in [3.8, 4) is 5.75 Å². The van der Waals surface area contributed by atoms with E-state index in [-0.39, 0.29) is 30.4 Å². The molecule has 0 aliphatic heterocycles. The number of nitrogens with one attached hydrogen (secondary N) is 1. The van der Waals surface area contributed by atoms with Crippen molar-refractivity contribution >= 4 is 36.2 Å². The number of isocyanates is 1. The minimum Gasteiger partial charge on any atom is -0.497 e. The Labute approximate surface area is 214 Å². The Morgan fingerprint density at radius 3 is 2.47 bits per heavy atom. The molecule has 2 aliphatic carbocycles. The number of hydrogen-bond acceptors (Lipinski definition) is 7. The fourth-order valence-corrected chi connectivity index (χ4v) is 6.17. The van der Waals surface area contributed by atoms with Gasteiger partial charge in [-0.25, -0.2) is 4.79 Å². The van der Waals surface area contributed by atoms with Gasteiger partial charge in [-0.15, -0.1) is 12.4 Å². The van der Waals surface area contributed by atoms with Crippen molar-refractivity contribution in [1.29, 1.82) is 0 Å². The van der Waals surface area contributed by atoms with E-state index in [0.29, 0.717) is 12.3 Å². The first-order chi connectivity index (χ1) is 16.1. The summed E-state index contributed by atoms with van der Waals surface area (Å²) in [6.45, 7) is 0.417. The molecule has 0 radical (unpaired) electrons. The Kier molecular flexibility index (Phi) is 12.8. The number of amides is 1. The number of hydrogen-bond donors (Lipinski definition) is 2. The number of carbonyl (C=O) groups excluding carboxylic acids is 2. The summed E-state index contributed by atoms with van der Waals surface area (Å²) in [5.41, 5.74) is 7.08. The zero-order valence-electron chi connectivity index (χ0n) is 20.1. The van der Waals surface area contributed by atoms with E-state index in [1.54, 1.807) is 18.2 Å². The lowest BCUT2D eigenvalue weighted by Gasteiger charge is -2.37. The Bertz CT molecular complexity index is 777. The number of methoxy groups -OCH3 is 1. The molecule has 0 spiro atoms. The molecule has 0 bridgehead atoms. The molecule has 34 heavy (non-hydrogen) atoms. The van der Waals surface area contributed by atoms with Crippen LogP contribution in [0.25, 0.3) is 0 Å². The van der Waals surface area contributed by atoms with Crippen LogP contribution in [-0.4, -0.2) is 53.7 Å². The van der Waals surface area contributed by atoms with Crippen molar-refractivity contribution in [3.63, 3.8) is 0 Å². The molecule has 2 aliphatic rings. The normalized spacial score (nSPS) is 21.5. The molecular weight excluding hydrogens is 472 g/mol. The summed E-state index contributed by atoms with van der Waals surface area (Å²) in [4.78, 5) is 24.6. The van der Waals surface area contributed by atoms with Gasteiger partial charge in [0, 0.05) is 24.4 Å². The van der Waals surface area contributed by atoms with Crippen LogP contribution in [0, 0.1) is 5.92 Å². The average Bonchev–Trinajstić information content (AvgIpc) is 2.86. The van der Waals surface area contributed by atoms with Gasteiger partial charge in [0.1, 0.15) is 11.8 Å². The van der Waals surface area contributed by atoms with Crippen LogP contribution in [0.4, 0.5) is 0 Å². The van der Waals surface area contributed by atoms with Gasteiger partial charge in [0.2, 0.25) is 5.91 Å². The van der Waals surface area contributed by atoms with Gasteiger partial charge >= 0.3 is 0 Å². The van der Waals surface area contributed by atoms with E-state index >= 15 is 0 Å². The van der Waals surface area contributed by atoms with Crippen molar-refractivity contribution in [2.24, 2.45) is 16.8 Å². The summed E-state index contributed by atoms with van der Waals surface area (Å²) >= 11 is 1.81. The third-order valence-electron chi connectivity index (χ3n) is 6.87. The quantitative estimate of drug-likeness (QED) is 0.262. The van der Waals surface area contributed by atoms with Crippen LogP contribution in [-0.2, 0) is 16.1 Å². The molecule has 190 valence electrons. The summed E-state index contributed by atoms with van der Waals surface area (Å²) in [5, 5.41) is 8.81. The molecule has 1 aromatic rings. The van der Waals surface area contributed by atoms with Crippen LogP contribution in [0.2, 0.25) is 0 Å². The topological polar surface area (TPSA) is 97.0 Å². The Morgan fingerprint density at radius 1 is 1.18 bits per heavy atom. The monoisotopic (exact) mass is 510 g/mol. The molecule has 0 heterocycles. The number of rotatable bonds is 11. The predicted octanol–water partition coefficient (Wildman–Crippen LogP) is 4.24. The van der Waals surface area contributed by atoms with E-state index in [2.05, 4.69) is 10.4 Å². The highest BCUT2D eigenvalue weighted by atomic mass is 35.5. The van der Waals surface area contributed by atoms with Crippen LogP contribution >= 0.6 is 24.2 Å². The number of hydrazone groups is 1. The molecule has 0 saturated heterocycles. The highest BCUT2D eigenvalue weighted by Crippen LogP contribution is 2.29. The predicted molar refractivity (Wildman–Crippen MR) is 140 cm³/mol. The van der Waals surface area contributed by atoms with Gasteiger partial charge < -0.3 is 15.8 Å². The third-order valence-corrected chi connectivity index (χ3v) is 8.13. The molecular formula is C25H39ClN4O3S. The molecule has 2 fully saturated rings. The van der Waals surface area contributed by atoms with E-state index in [1.807, 2.05) is 36.0 Å². The van der Waals surface area contributed by atoms with Gasteiger partial charge in [-0.05, 0) is 67.9 Å². The van der Waals surface area contributed by atoms with Gasteiger partial charge in [0.15, 0.2) is 0 Å². The standard InChI is InChI=1S/C25H38N4O3S.ClH/c1-32-23-13-7-19(8-14-23)15-27-25(31)24(17-33-16-20-5-3-2-4-6-20)29(28-18-30)22-11-9-21(26)10-12-22;/h7-8,13-14,20-22,24H,2-6,9-12,15-17,26H2,1H3,(H,27,31);1H/t21?,22?,24-;/m0./s1. The molecule has 1 atom stereocenters. The highest BCUT2D eigenvalue weighted by Gasteiger charge is 2.33. The molecule has 0 aromatic heterocycles. The first kappa shape index (κ1) is 28.5. The third kappa shape index (κ3) is 8.81. The smallest absolute Gasteiger partial charge is 0.258 e. The second-order valence-electron chi connectivity index (χ2n) is 9.26. The number of nitrogens with zero attached hydrogens (tertiary/aromatic N) is 2. The molecule has 1 amide bonds. The lowest BCUT2D eigenvalue weighted by atomic mass is 9.91. The summed E-state index contributed by atoms with van der Waals surface area (Å²) in [6.07, 6.45) is 11.6. The number of nitrogens with two attached hydrogens (primary N) is 1. The van der Waals surface area contributed by atoms with Crippen LogP contribution in [0.15, 0.2) is 29.4 Å². The van der Waals surface area contributed by atoms with Crippen molar-refractivity contribution in [2.75, 3.05) is 18.6 Å². The molecule has 1 aromatic carbocycles. The van der Waals surface area contributed by atoms with E-state index in [1.165, 1.54) is 32.1 Å². The zero-order valence-corrected chi connectivity index (χ0v) is 21.8. The Morgan fingerprint density at radius 2 is 1.85 bits per heavy atom. The number of benzene rings is 1. The largest absolute Gasteiger partial charge is 0.497 e. The van der Waals surface area contributed by atoms with Gasteiger partial charge in [-0.2, -0.15) is 11.8 Å². The maximum Gasteiger partial charge on any atom is 0.258 e. The van der Waals surface area contributed by atoms with Gasteiger partial charge in [0.25, 0.3) is 6.08 Å². The van der Waals surface area contributed by atoms with Crippen LogP contribution < -0.4 is 15.8 Å².